The molecule has 21 heavy (non-hydrogen) atoms. The zero-order chi connectivity index (χ0) is 15.6. The molecule has 2 N–H and O–H groups in total. The molecule has 0 amide bonds. The summed E-state index contributed by atoms with van der Waals surface area (Å²) in [5.74, 6) is -0.358. The Bertz CT molecular complexity index is 730. The Morgan fingerprint density at radius 3 is 2.24 bits per heavy atom. The van der Waals surface area contributed by atoms with Gasteiger partial charge in [-0.3, -0.25) is 0 Å². The van der Waals surface area contributed by atoms with Crippen molar-refractivity contribution in [3.8, 4) is 0 Å². The fraction of sp³-hybridized carbons (Fsp3) is 0.200. The van der Waals surface area contributed by atoms with Crippen LogP contribution >= 0.6 is 0 Å². The Labute approximate surface area is 124 Å². The van der Waals surface area contributed by atoms with Crippen molar-refractivity contribution in [2.24, 2.45) is 0 Å². The third kappa shape index (κ3) is 3.06. The molecule has 1 atom stereocenters. The average Bonchev–Trinajstić information content (AvgIpc) is 2.46. The van der Waals surface area contributed by atoms with E-state index in [4.69, 9.17) is 5.73 Å². The van der Waals surface area contributed by atoms with Gasteiger partial charge in [0.1, 0.15) is 10.7 Å². The maximum atomic E-state index is 13.0. The molecular weight excluding hydrogens is 291 g/mol. The molecule has 2 aromatic carbocycles. The van der Waals surface area contributed by atoms with E-state index in [0.717, 1.165) is 0 Å². The normalized spacial score (nSPS) is 13.3. The van der Waals surface area contributed by atoms with Crippen molar-refractivity contribution in [1.29, 1.82) is 0 Å². The van der Waals surface area contributed by atoms with Crippen LogP contribution in [0.5, 0.6) is 0 Å². The first-order valence-corrected chi connectivity index (χ1v) is 7.86. The lowest BCUT2D eigenvalue weighted by molar-refractivity contribution is 0.398. The molecule has 0 spiro atoms. The lowest BCUT2D eigenvalue weighted by Crippen LogP contribution is -2.30. The Hall–Kier alpha value is -1.92. The van der Waals surface area contributed by atoms with Crippen molar-refractivity contribution < 1.29 is 12.8 Å². The van der Waals surface area contributed by atoms with Gasteiger partial charge in [0.2, 0.25) is 10.0 Å². The fourth-order valence-electron chi connectivity index (χ4n) is 2.03. The molecule has 6 heteroatoms. The van der Waals surface area contributed by atoms with Crippen LogP contribution in [-0.2, 0) is 10.0 Å². The van der Waals surface area contributed by atoms with Gasteiger partial charge >= 0.3 is 0 Å². The second-order valence-electron chi connectivity index (χ2n) is 4.79. The van der Waals surface area contributed by atoms with Gasteiger partial charge in [0.05, 0.1) is 5.69 Å². The smallest absolute Gasteiger partial charge is 0.245 e. The maximum Gasteiger partial charge on any atom is 0.245 e. The van der Waals surface area contributed by atoms with E-state index >= 15 is 0 Å². The number of sulfonamides is 1. The molecule has 0 radical (unpaired) electrons. The summed E-state index contributed by atoms with van der Waals surface area (Å²) in [6.07, 6.45) is 0. The van der Waals surface area contributed by atoms with E-state index in [0.29, 0.717) is 5.56 Å². The molecule has 0 aliphatic rings. The van der Waals surface area contributed by atoms with Crippen molar-refractivity contribution in [1.82, 2.24) is 4.31 Å². The van der Waals surface area contributed by atoms with Gasteiger partial charge in [-0.25, -0.2) is 12.8 Å². The van der Waals surface area contributed by atoms with E-state index in [1.807, 2.05) is 0 Å². The van der Waals surface area contributed by atoms with Crippen LogP contribution in [0.1, 0.15) is 18.5 Å². The van der Waals surface area contributed by atoms with Gasteiger partial charge in [-0.05, 0) is 36.8 Å². The summed E-state index contributed by atoms with van der Waals surface area (Å²) in [5, 5.41) is 0. The molecule has 112 valence electrons. The van der Waals surface area contributed by atoms with Crippen LogP contribution in [-0.4, -0.2) is 19.8 Å². The molecule has 0 aliphatic carbocycles. The fourth-order valence-corrected chi connectivity index (χ4v) is 3.49. The summed E-state index contributed by atoms with van der Waals surface area (Å²) in [6, 6.07) is 11.6. The zero-order valence-electron chi connectivity index (χ0n) is 11.8. The van der Waals surface area contributed by atoms with Gasteiger partial charge < -0.3 is 5.73 Å². The van der Waals surface area contributed by atoms with Crippen LogP contribution < -0.4 is 5.73 Å². The van der Waals surface area contributed by atoms with Crippen molar-refractivity contribution in [3.05, 3.63) is 59.9 Å². The van der Waals surface area contributed by atoms with Crippen LogP contribution in [0, 0.1) is 5.82 Å². The molecule has 0 saturated carbocycles. The number of anilines is 1. The monoisotopic (exact) mass is 308 g/mol. The highest BCUT2D eigenvalue weighted by Gasteiger charge is 2.27. The highest BCUT2D eigenvalue weighted by Crippen LogP contribution is 2.28. The molecule has 2 rings (SSSR count). The maximum absolute atomic E-state index is 13.0. The van der Waals surface area contributed by atoms with E-state index in [-0.39, 0.29) is 16.4 Å². The average molecular weight is 308 g/mol. The number of nitrogen functional groups attached to an aromatic ring is 1. The van der Waals surface area contributed by atoms with Crippen LogP contribution in [0.3, 0.4) is 0 Å². The number of rotatable bonds is 4. The quantitative estimate of drug-likeness (QED) is 0.883. The van der Waals surface area contributed by atoms with Gasteiger partial charge in [0.15, 0.2) is 0 Å². The van der Waals surface area contributed by atoms with Crippen LogP contribution in [0.15, 0.2) is 53.4 Å². The van der Waals surface area contributed by atoms with Crippen molar-refractivity contribution in [2.45, 2.75) is 17.9 Å². The highest BCUT2D eigenvalue weighted by molar-refractivity contribution is 7.89. The second kappa shape index (κ2) is 5.83. The number of nitrogens with zero attached hydrogens (tertiary/aromatic N) is 1. The SMILES string of the molecule is CC(c1ccc(F)cc1)N(C)S(=O)(=O)c1ccccc1N. The summed E-state index contributed by atoms with van der Waals surface area (Å²) in [5.41, 5.74) is 6.66. The molecule has 1 unspecified atom stereocenters. The second-order valence-corrected chi connectivity index (χ2v) is 6.75. The van der Waals surface area contributed by atoms with Crippen LogP contribution in [0.4, 0.5) is 10.1 Å². The van der Waals surface area contributed by atoms with E-state index in [9.17, 15) is 12.8 Å². The highest BCUT2D eigenvalue weighted by atomic mass is 32.2. The summed E-state index contributed by atoms with van der Waals surface area (Å²) in [6.45, 7) is 1.74. The summed E-state index contributed by atoms with van der Waals surface area (Å²) in [7, 11) is -2.23. The Balaban J connectivity index is 2.36. The number of halogens is 1. The molecule has 0 aliphatic heterocycles. The molecule has 0 heterocycles. The topological polar surface area (TPSA) is 63.4 Å². The Morgan fingerprint density at radius 1 is 1.10 bits per heavy atom. The molecule has 0 bridgehead atoms. The van der Waals surface area contributed by atoms with Gasteiger partial charge in [0, 0.05) is 13.1 Å². The Morgan fingerprint density at radius 2 is 1.67 bits per heavy atom. The summed E-state index contributed by atoms with van der Waals surface area (Å²) in [4.78, 5) is 0.0708. The molecule has 0 saturated heterocycles. The largest absolute Gasteiger partial charge is 0.398 e. The molecular formula is C15H17FN2O2S. The third-order valence-corrected chi connectivity index (χ3v) is 5.48. The minimum atomic E-state index is -3.71. The number of para-hydroxylation sites is 1. The van der Waals surface area contributed by atoms with E-state index < -0.39 is 16.1 Å². The first-order chi connectivity index (χ1) is 9.84. The zero-order valence-corrected chi connectivity index (χ0v) is 12.6. The number of benzene rings is 2. The molecule has 0 fully saturated rings. The number of hydrogen-bond donors (Lipinski definition) is 1. The van der Waals surface area contributed by atoms with Crippen molar-refractivity contribution >= 4 is 15.7 Å². The number of nitrogens with two attached hydrogens (primary N) is 1. The van der Waals surface area contributed by atoms with Gasteiger partial charge in [-0.15, -0.1) is 0 Å². The lowest BCUT2D eigenvalue weighted by atomic mass is 10.1. The predicted molar refractivity (Wildman–Crippen MR) is 80.6 cm³/mol. The van der Waals surface area contributed by atoms with Crippen LogP contribution in [0.2, 0.25) is 0 Å². The van der Waals surface area contributed by atoms with E-state index in [1.54, 1.807) is 37.3 Å². The third-order valence-electron chi connectivity index (χ3n) is 3.47. The minimum Gasteiger partial charge on any atom is -0.398 e. The van der Waals surface area contributed by atoms with Gasteiger partial charge in [-0.1, -0.05) is 24.3 Å². The number of hydrogen-bond acceptors (Lipinski definition) is 3. The van der Waals surface area contributed by atoms with E-state index in [2.05, 4.69) is 0 Å². The van der Waals surface area contributed by atoms with E-state index in [1.165, 1.54) is 29.6 Å². The minimum absolute atomic E-state index is 0.0708. The standard InChI is InChI=1S/C15H17FN2O2S/c1-11(12-7-9-13(16)10-8-12)18(2)21(19,20)15-6-4-3-5-14(15)17/h3-11H,17H2,1-2H3. The van der Waals surface area contributed by atoms with Crippen molar-refractivity contribution in [2.75, 3.05) is 12.8 Å². The van der Waals surface area contributed by atoms with Crippen molar-refractivity contribution in [3.63, 3.8) is 0 Å². The summed E-state index contributed by atoms with van der Waals surface area (Å²) >= 11 is 0. The van der Waals surface area contributed by atoms with Crippen LogP contribution in [0.25, 0.3) is 0 Å². The first-order valence-electron chi connectivity index (χ1n) is 6.42. The molecule has 2 aromatic rings. The van der Waals surface area contributed by atoms with Gasteiger partial charge in [0.25, 0.3) is 0 Å². The molecule has 0 aromatic heterocycles. The predicted octanol–water partition coefficient (Wildman–Crippen LogP) is 2.79. The first kappa shape index (κ1) is 15.5. The van der Waals surface area contributed by atoms with Gasteiger partial charge in [-0.2, -0.15) is 4.31 Å². The molecule has 4 nitrogen and oxygen atoms in total. The Kier molecular flexibility index (Phi) is 4.29. The summed E-state index contributed by atoms with van der Waals surface area (Å²) < 4.78 is 39.4. The lowest BCUT2D eigenvalue weighted by Gasteiger charge is -2.25.